The van der Waals surface area contributed by atoms with E-state index >= 15 is 0 Å². The van der Waals surface area contributed by atoms with Gasteiger partial charge in [0.2, 0.25) is 5.95 Å². The number of aromatic nitrogens is 2. The van der Waals surface area contributed by atoms with Gasteiger partial charge in [0.15, 0.2) is 0 Å². The van der Waals surface area contributed by atoms with Crippen LogP contribution >= 0.6 is 0 Å². The van der Waals surface area contributed by atoms with Crippen molar-refractivity contribution in [3.05, 3.63) is 18.2 Å². The average Bonchev–Trinajstić information content (AvgIpc) is 2.52. The molecule has 2 rings (SSSR count). The molecular weight excluding hydrogens is 218 g/mol. The highest BCUT2D eigenvalue weighted by atomic mass is 16.5. The second-order valence-corrected chi connectivity index (χ2v) is 4.72. The van der Waals surface area contributed by atoms with Gasteiger partial charge < -0.3 is 20.1 Å². The number of hydrogen-bond donors (Lipinski definition) is 2. The minimum absolute atomic E-state index is 0.398. The van der Waals surface area contributed by atoms with Crippen LogP contribution in [-0.4, -0.2) is 27.4 Å². The molecule has 0 fully saturated rings. The molecule has 0 bridgehead atoms. The zero-order valence-corrected chi connectivity index (χ0v) is 10.3. The van der Waals surface area contributed by atoms with E-state index in [2.05, 4.69) is 4.98 Å². The van der Waals surface area contributed by atoms with Gasteiger partial charge in [-0.15, -0.1) is 0 Å². The summed E-state index contributed by atoms with van der Waals surface area (Å²) in [4.78, 5) is 4.26. The molecule has 0 atom stereocenters. The van der Waals surface area contributed by atoms with Crippen LogP contribution in [0.1, 0.15) is 13.8 Å². The molecule has 0 saturated heterocycles. The number of ether oxygens (including phenoxy) is 1. The molecule has 0 aliphatic rings. The van der Waals surface area contributed by atoms with Crippen molar-refractivity contribution in [3.8, 4) is 5.75 Å². The molecule has 0 unspecified atom stereocenters. The van der Waals surface area contributed by atoms with Crippen molar-refractivity contribution in [1.82, 2.24) is 9.55 Å². The fourth-order valence-electron chi connectivity index (χ4n) is 1.81. The summed E-state index contributed by atoms with van der Waals surface area (Å²) in [6.45, 7) is 3.88. The maximum Gasteiger partial charge on any atom is 0.201 e. The second kappa shape index (κ2) is 3.92. The molecule has 0 aliphatic heterocycles. The number of benzene rings is 1. The first-order valence-corrected chi connectivity index (χ1v) is 5.43. The molecule has 3 N–H and O–H groups in total. The summed E-state index contributed by atoms with van der Waals surface area (Å²) in [6.07, 6.45) is 0. The van der Waals surface area contributed by atoms with Gasteiger partial charge in [-0.25, -0.2) is 4.98 Å². The monoisotopic (exact) mass is 235 g/mol. The Morgan fingerprint density at radius 1 is 1.47 bits per heavy atom. The molecule has 5 nitrogen and oxygen atoms in total. The van der Waals surface area contributed by atoms with Gasteiger partial charge in [-0.05, 0) is 26.0 Å². The minimum atomic E-state index is -0.832. The third-order valence-electron chi connectivity index (χ3n) is 2.53. The molecule has 5 heteroatoms. The first kappa shape index (κ1) is 11.7. The maximum absolute atomic E-state index is 9.85. The largest absolute Gasteiger partial charge is 0.497 e. The highest BCUT2D eigenvalue weighted by Gasteiger charge is 2.18. The first-order chi connectivity index (χ1) is 7.90. The molecule has 0 saturated carbocycles. The van der Waals surface area contributed by atoms with Gasteiger partial charge in [0, 0.05) is 6.07 Å². The van der Waals surface area contributed by atoms with Crippen LogP contribution in [0.5, 0.6) is 5.75 Å². The Bertz CT molecular complexity index is 540. The Kier molecular flexibility index (Phi) is 2.71. The molecule has 92 valence electrons. The van der Waals surface area contributed by atoms with Crippen LogP contribution in [0.3, 0.4) is 0 Å². The lowest BCUT2D eigenvalue weighted by molar-refractivity contribution is 0.0633. The summed E-state index contributed by atoms with van der Waals surface area (Å²) in [5, 5.41) is 9.85. The van der Waals surface area contributed by atoms with Gasteiger partial charge in [-0.1, -0.05) is 0 Å². The molecule has 0 radical (unpaired) electrons. The number of fused-ring (bicyclic) bond motifs is 1. The molecule has 1 aromatic carbocycles. The lowest BCUT2D eigenvalue weighted by Gasteiger charge is -2.19. The average molecular weight is 235 g/mol. The summed E-state index contributed by atoms with van der Waals surface area (Å²) in [7, 11) is 1.61. The summed E-state index contributed by atoms with van der Waals surface area (Å²) >= 11 is 0. The number of rotatable bonds is 3. The number of methoxy groups -OCH3 is 1. The van der Waals surface area contributed by atoms with Gasteiger partial charge >= 0.3 is 0 Å². The highest BCUT2D eigenvalue weighted by molar-refractivity contribution is 5.79. The summed E-state index contributed by atoms with van der Waals surface area (Å²) in [5.74, 6) is 1.14. The van der Waals surface area contributed by atoms with E-state index in [-0.39, 0.29) is 0 Å². The van der Waals surface area contributed by atoms with E-state index in [9.17, 15) is 5.11 Å². The van der Waals surface area contributed by atoms with Crippen molar-refractivity contribution >= 4 is 17.0 Å². The van der Waals surface area contributed by atoms with E-state index in [1.54, 1.807) is 25.5 Å². The van der Waals surface area contributed by atoms with Gasteiger partial charge in [-0.3, -0.25) is 0 Å². The lowest BCUT2D eigenvalue weighted by Crippen LogP contribution is -2.26. The Morgan fingerprint density at radius 2 is 2.18 bits per heavy atom. The molecule has 1 aromatic heterocycles. The molecule has 0 spiro atoms. The number of anilines is 1. The van der Waals surface area contributed by atoms with Crippen molar-refractivity contribution in [2.75, 3.05) is 12.8 Å². The van der Waals surface area contributed by atoms with Crippen LogP contribution in [0.4, 0.5) is 5.95 Å². The molecule has 17 heavy (non-hydrogen) atoms. The standard InChI is InChI=1S/C12H17N3O2/c1-12(2,16)7-15-10-5-4-8(17-3)6-9(10)14-11(15)13/h4-6,16H,7H2,1-3H3,(H2,13,14). The number of nitrogen functional groups attached to an aromatic ring is 1. The van der Waals surface area contributed by atoms with Crippen molar-refractivity contribution in [2.45, 2.75) is 26.0 Å². The molecule has 1 heterocycles. The van der Waals surface area contributed by atoms with Gasteiger partial charge in [0.1, 0.15) is 5.75 Å². The normalized spacial score (nSPS) is 12.0. The fourth-order valence-corrected chi connectivity index (χ4v) is 1.81. The second-order valence-electron chi connectivity index (χ2n) is 4.72. The molecule has 0 aliphatic carbocycles. The van der Waals surface area contributed by atoms with Gasteiger partial charge in [0.25, 0.3) is 0 Å². The summed E-state index contributed by atoms with van der Waals surface area (Å²) in [6, 6.07) is 5.57. The third-order valence-corrected chi connectivity index (χ3v) is 2.53. The smallest absolute Gasteiger partial charge is 0.201 e. The van der Waals surface area contributed by atoms with Crippen LogP contribution in [-0.2, 0) is 6.54 Å². The number of imidazole rings is 1. The lowest BCUT2D eigenvalue weighted by atomic mass is 10.1. The predicted octanol–water partition coefficient (Wildman–Crippen LogP) is 1.40. The van der Waals surface area contributed by atoms with E-state index in [1.165, 1.54) is 0 Å². The van der Waals surface area contributed by atoms with Crippen molar-refractivity contribution in [3.63, 3.8) is 0 Å². The van der Waals surface area contributed by atoms with Crippen molar-refractivity contribution in [1.29, 1.82) is 0 Å². The zero-order valence-electron chi connectivity index (χ0n) is 10.3. The number of nitrogens with zero attached hydrogens (tertiary/aromatic N) is 2. The van der Waals surface area contributed by atoms with Crippen molar-refractivity contribution < 1.29 is 9.84 Å². The molecule has 0 amide bonds. The topological polar surface area (TPSA) is 73.3 Å². The van der Waals surface area contributed by atoms with Crippen LogP contribution in [0.15, 0.2) is 18.2 Å². The van der Waals surface area contributed by atoms with E-state index in [1.807, 2.05) is 18.2 Å². The summed E-state index contributed by atoms with van der Waals surface area (Å²) < 4.78 is 6.93. The first-order valence-electron chi connectivity index (χ1n) is 5.43. The van der Waals surface area contributed by atoms with Crippen LogP contribution in [0.25, 0.3) is 11.0 Å². The van der Waals surface area contributed by atoms with Crippen LogP contribution in [0.2, 0.25) is 0 Å². The minimum Gasteiger partial charge on any atom is -0.497 e. The molecule has 2 aromatic rings. The zero-order chi connectivity index (χ0) is 12.6. The maximum atomic E-state index is 9.85. The fraction of sp³-hybridized carbons (Fsp3) is 0.417. The van der Waals surface area contributed by atoms with Crippen LogP contribution in [0, 0.1) is 0 Å². The van der Waals surface area contributed by atoms with E-state index in [0.29, 0.717) is 12.5 Å². The van der Waals surface area contributed by atoms with Crippen LogP contribution < -0.4 is 10.5 Å². The van der Waals surface area contributed by atoms with E-state index in [0.717, 1.165) is 16.8 Å². The molecular formula is C12H17N3O2. The Morgan fingerprint density at radius 3 is 2.76 bits per heavy atom. The number of hydrogen-bond acceptors (Lipinski definition) is 4. The predicted molar refractivity (Wildman–Crippen MR) is 67.0 cm³/mol. The number of aliphatic hydroxyl groups is 1. The van der Waals surface area contributed by atoms with E-state index in [4.69, 9.17) is 10.5 Å². The number of nitrogens with two attached hydrogens (primary N) is 1. The van der Waals surface area contributed by atoms with E-state index < -0.39 is 5.60 Å². The quantitative estimate of drug-likeness (QED) is 0.843. The third kappa shape index (κ3) is 2.34. The SMILES string of the molecule is COc1ccc2c(c1)nc(N)n2CC(C)(C)O. The Hall–Kier alpha value is -1.75. The summed E-state index contributed by atoms with van der Waals surface area (Å²) in [5.41, 5.74) is 6.68. The van der Waals surface area contributed by atoms with Gasteiger partial charge in [0.05, 0.1) is 30.3 Å². The Balaban J connectivity index is 2.52. The Labute approximate surface area is 99.8 Å². The highest BCUT2D eigenvalue weighted by Crippen LogP contribution is 2.24. The van der Waals surface area contributed by atoms with Crippen molar-refractivity contribution in [2.24, 2.45) is 0 Å². The van der Waals surface area contributed by atoms with Gasteiger partial charge in [-0.2, -0.15) is 0 Å².